The minimum Gasteiger partial charge on any atom is -0.497 e. The summed E-state index contributed by atoms with van der Waals surface area (Å²) < 4.78 is 10.8. The SMILES string of the molecule is COc1ccc(N(C)Cc2occc2CNC2CC2)cc1. The molecule has 0 atom stereocenters. The van der Waals surface area contributed by atoms with Gasteiger partial charge in [0, 0.05) is 30.9 Å². The second-order valence-electron chi connectivity index (χ2n) is 5.58. The lowest BCUT2D eigenvalue weighted by atomic mass is 10.2. The molecule has 0 spiro atoms. The van der Waals surface area contributed by atoms with Gasteiger partial charge in [-0.15, -0.1) is 0 Å². The van der Waals surface area contributed by atoms with Gasteiger partial charge in [-0.25, -0.2) is 0 Å². The maximum absolute atomic E-state index is 5.65. The molecular weight excluding hydrogens is 264 g/mol. The monoisotopic (exact) mass is 286 g/mol. The van der Waals surface area contributed by atoms with Crippen molar-refractivity contribution in [2.24, 2.45) is 0 Å². The Labute approximate surface area is 125 Å². The highest BCUT2D eigenvalue weighted by Gasteiger charge is 2.21. The van der Waals surface area contributed by atoms with Crippen LogP contribution in [0.3, 0.4) is 0 Å². The second kappa shape index (κ2) is 6.22. The van der Waals surface area contributed by atoms with Crippen molar-refractivity contribution in [3.05, 3.63) is 47.9 Å². The van der Waals surface area contributed by atoms with Crippen LogP contribution in [0.4, 0.5) is 5.69 Å². The number of rotatable bonds is 7. The van der Waals surface area contributed by atoms with Gasteiger partial charge in [-0.2, -0.15) is 0 Å². The van der Waals surface area contributed by atoms with Crippen molar-refractivity contribution in [1.29, 1.82) is 0 Å². The quantitative estimate of drug-likeness (QED) is 0.848. The first-order chi connectivity index (χ1) is 10.3. The highest BCUT2D eigenvalue weighted by Crippen LogP contribution is 2.23. The molecule has 1 N–H and O–H groups in total. The largest absolute Gasteiger partial charge is 0.497 e. The van der Waals surface area contributed by atoms with Gasteiger partial charge >= 0.3 is 0 Å². The van der Waals surface area contributed by atoms with E-state index in [9.17, 15) is 0 Å². The van der Waals surface area contributed by atoms with Gasteiger partial charge in [-0.05, 0) is 43.2 Å². The Hall–Kier alpha value is -1.94. The van der Waals surface area contributed by atoms with Crippen LogP contribution in [0.2, 0.25) is 0 Å². The Kier molecular flexibility index (Phi) is 4.15. The van der Waals surface area contributed by atoms with Crippen LogP contribution in [0.15, 0.2) is 41.0 Å². The predicted octanol–water partition coefficient (Wildman–Crippen LogP) is 3.18. The number of ether oxygens (including phenoxy) is 1. The molecule has 0 bridgehead atoms. The number of furan rings is 1. The fraction of sp³-hybridized carbons (Fsp3) is 0.412. The molecule has 0 saturated heterocycles. The lowest BCUT2D eigenvalue weighted by Gasteiger charge is -2.19. The number of hydrogen-bond acceptors (Lipinski definition) is 4. The second-order valence-corrected chi connectivity index (χ2v) is 5.58. The molecule has 2 aromatic rings. The lowest BCUT2D eigenvalue weighted by Crippen LogP contribution is -2.19. The summed E-state index contributed by atoms with van der Waals surface area (Å²) in [5.41, 5.74) is 2.40. The van der Waals surface area contributed by atoms with Crippen LogP contribution in [0, 0.1) is 0 Å². The molecule has 3 rings (SSSR count). The van der Waals surface area contributed by atoms with Gasteiger partial charge in [0.2, 0.25) is 0 Å². The van der Waals surface area contributed by atoms with Gasteiger partial charge in [0.1, 0.15) is 11.5 Å². The summed E-state index contributed by atoms with van der Waals surface area (Å²) >= 11 is 0. The molecule has 1 aromatic heterocycles. The molecule has 1 saturated carbocycles. The zero-order valence-electron chi connectivity index (χ0n) is 12.6. The van der Waals surface area contributed by atoms with E-state index in [4.69, 9.17) is 9.15 Å². The molecule has 4 nitrogen and oxygen atoms in total. The van der Waals surface area contributed by atoms with Crippen molar-refractivity contribution < 1.29 is 9.15 Å². The average molecular weight is 286 g/mol. The third-order valence-electron chi connectivity index (χ3n) is 3.89. The van der Waals surface area contributed by atoms with Crippen LogP contribution in [0.25, 0.3) is 0 Å². The van der Waals surface area contributed by atoms with Crippen molar-refractivity contribution in [3.63, 3.8) is 0 Å². The smallest absolute Gasteiger partial charge is 0.127 e. The van der Waals surface area contributed by atoms with E-state index in [-0.39, 0.29) is 0 Å². The van der Waals surface area contributed by atoms with E-state index in [1.165, 1.54) is 18.4 Å². The molecule has 0 radical (unpaired) electrons. The van der Waals surface area contributed by atoms with Crippen LogP contribution in [0.1, 0.15) is 24.2 Å². The van der Waals surface area contributed by atoms with Gasteiger partial charge in [0.15, 0.2) is 0 Å². The molecule has 1 fully saturated rings. The summed E-state index contributed by atoms with van der Waals surface area (Å²) in [6, 6.07) is 10.8. The summed E-state index contributed by atoms with van der Waals surface area (Å²) in [7, 11) is 3.75. The van der Waals surface area contributed by atoms with E-state index >= 15 is 0 Å². The third kappa shape index (κ3) is 3.58. The van der Waals surface area contributed by atoms with Crippen LogP contribution >= 0.6 is 0 Å². The van der Waals surface area contributed by atoms with Crippen molar-refractivity contribution in [3.8, 4) is 5.75 Å². The average Bonchev–Trinajstić information content (AvgIpc) is 3.25. The zero-order valence-corrected chi connectivity index (χ0v) is 12.6. The normalized spacial score (nSPS) is 14.2. The zero-order chi connectivity index (χ0) is 14.7. The number of benzene rings is 1. The van der Waals surface area contributed by atoms with Gasteiger partial charge in [0.05, 0.1) is 19.9 Å². The Morgan fingerprint density at radius 3 is 2.67 bits per heavy atom. The summed E-state index contributed by atoms with van der Waals surface area (Å²) in [6.45, 7) is 1.66. The van der Waals surface area contributed by atoms with Crippen LogP contribution in [-0.2, 0) is 13.1 Å². The first kappa shape index (κ1) is 14.0. The summed E-state index contributed by atoms with van der Waals surface area (Å²) in [4.78, 5) is 2.18. The van der Waals surface area contributed by atoms with E-state index in [2.05, 4.69) is 35.5 Å². The van der Waals surface area contributed by atoms with Crippen molar-refractivity contribution in [2.45, 2.75) is 32.0 Å². The molecule has 1 aromatic carbocycles. The Morgan fingerprint density at radius 1 is 1.24 bits per heavy atom. The molecule has 112 valence electrons. The maximum atomic E-state index is 5.65. The lowest BCUT2D eigenvalue weighted by molar-refractivity contribution is 0.415. The number of methoxy groups -OCH3 is 1. The Morgan fingerprint density at radius 2 is 2.00 bits per heavy atom. The molecule has 21 heavy (non-hydrogen) atoms. The predicted molar refractivity (Wildman–Crippen MR) is 83.7 cm³/mol. The van der Waals surface area contributed by atoms with Crippen molar-refractivity contribution in [2.75, 3.05) is 19.1 Å². The van der Waals surface area contributed by atoms with Gasteiger partial charge in [-0.1, -0.05) is 0 Å². The molecule has 1 aliphatic carbocycles. The first-order valence-corrected chi connectivity index (χ1v) is 7.40. The molecule has 1 aliphatic rings. The summed E-state index contributed by atoms with van der Waals surface area (Å²) in [5.74, 6) is 1.90. The molecule has 1 heterocycles. The van der Waals surface area contributed by atoms with E-state index in [0.717, 1.165) is 30.3 Å². The van der Waals surface area contributed by atoms with E-state index in [1.54, 1.807) is 13.4 Å². The Bertz CT molecular complexity index is 573. The van der Waals surface area contributed by atoms with Gasteiger partial charge < -0.3 is 19.4 Å². The van der Waals surface area contributed by atoms with Crippen molar-refractivity contribution >= 4 is 5.69 Å². The molecular formula is C17H22N2O2. The van der Waals surface area contributed by atoms with E-state index in [0.29, 0.717) is 6.04 Å². The fourth-order valence-electron chi connectivity index (χ4n) is 2.35. The number of anilines is 1. The molecule has 0 amide bonds. The maximum Gasteiger partial charge on any atom is 0.127 e. The fourth-order valence-corrected chi connectivity index (χ4v) is 2.35. The first-order valence-electron chi connectivity index (χ1n) is 7.40. The topological polar surface area (TPSA) is 37.6 Å². The highest BCUT2D eigenvalue weighted by atomic mass is 16.5. The van der Waals surface area contributed by atoms with Crippen LogP contribution in [0.5, 0.6) is 5.75 Å². The van der Waals surface area contributed by atoms with Gasteiger partial charge in [-0.3, -0.25) is 0 Å². The number of nitrogens with zero attached hydrogens (tertiary/aromatic N) is 1. The van der Waals surface area contributed by atoms with Gasteiger partial charge in [0.25, 0.3) is 0 Å². The minimum absolute atomic E-state index is 0.715. The third-order valence-corrected chi connectivity index (χ3v) is 3.89. The van der Waals surface area contributed by atoms with Crippen molar-refractivity contribution in [1.82, 2.24) is 5.32 Å². The molecule has 0 aliphatic heterocycles. The van der Waals surface area contributed by atoms with E-state index in [1.807, 2.05) is 12.1 Å². The molecule has 4 heteroatoms. The summed E-state index contributed by atoms with van der Waals surface area (Å²) in [5, 5.41) is 3.53. The summed E-state index contributed by atoms with van der Waals surface area (Å²) in [6.07, 6.45) is 4.39. The minimum atomic E-state index is 0.715. The Balaban J connectivity index is 1.62. The standard InChI is InChI=1S/C17H22N2O2/c1-19(15-5-7-16(20-2)8-6-15)12-17-13(9-10-21-17)11-18-14-3-4-14/h5-10,14,18H,3-4,11-12H2,1-2H3. The highest BCUT2D eigenvalue weighted by molar-refractivity contribution is 5.48. The number of hydrogen-bond donors (Lipinski definition) is 1. The van der Waals surface area contributed by atoms with Crippen LogP contribution in [-0.4, -0.2) is 20.2 Å². The number of nitrogens with one attached hydrogen (secondary N) is 1. The van der Waals surface area contributed by atoms with Crippen LogP contribution < -0.4 is 15.0 Å². The van der Waals surface area contributed by atoms with E-state index < -0.39 is 0 Å². The molecule has 0 unspecified atom stereocenters.